The van der Waals surface area contributed by atoms with Gasteiger partial charge in [0.15, 0.2) is 0 Å². The van der Waals surface area contributed by atoms with E-state index < -0.39 is 0 Å². The fraction of sp³-hybridized carbons (Fsp3) is 0.471. The standard InChI is InChI=1S/C17H22N2O2/c1-21-14-6-7-16-15(11-14)13(12-18-16)10-17(20)19-8-4-2-3-5-9-19/h6-7,11-12,18H,2-5,8-10H2,1H3. The summed E-state index contributed by atoms with van der Waals surface area (Å²) in [6.07, 6.45) is 7.16. The Balaban J connectivity index is 1.78. The summed E-state index contributed by atoms with van der Waals surface area (Å²) in [6.45, 7) is 1.81. The molecule has 0 radical (unpaired) electrons. The normalized spacial score (nSPS) is 16.0. The molecule has 1 saturated heterocycles. The van der Waals surface area contributed by atoms with E-state index >= 15 is 0 Å². The Labute approximate surface area is 125 Å². The largest absolute Gasteiger partial charge is 0.497 e. The third-order valence-electron chi connectivity index (χ3n) is 4.28. The van der Waals surface area contributed by atoms with Gasteiger partial charge in [0.05, 0.1) is 13.5 Å². The molecule has 1 aliphatic heterocycles. The molecule has 0 aliphatic carbocycles. The van der Waals surface area contributed by atoms with Crippen LogP contribution in [0.15, 0.2) is 24.4 Å². The van der Waals surface area contributed by atoms with E-state index in [2.05, 4.69) is 4.98 Å². The van der Waals surface area contributed by atoms with Crippen LogP contribution in [0.25, 0.3) is 10.9 Å². The first-order valence-electron chi connectivity index (χ1n) is 7.70. The second-order valence-electron chi connectivity index (χ2n) is 5.70. The molecule has 21 heavy (non-hydrogen) atoms. The highest BCUT2D eigenvalue weighted by atomic mass is 16.5. The molecular weight excluding hydrogens is 264 g/mol. The number of nitrogens with zero attached hydrogens (tertiary/aromatic N) is 1. The van der Waals surface area contributed by atoms with Crippen molar-refractivity contribution < 1.29 is 9.53 Å². The lowest BCUT2D eigenvalue weighted by Gasteiger charge is -2.20. The average Bonchev–Trinajstić information content (AvgIpc) is 2.74. The molecule has 2 heterocycles. The van der Waals surface area contributed by atoms with Crippen molar-refractivity contribution >= 4 is 16.8 Å². The molecule has 4 nitrogen and oxygen atoms in total. The highest BCUT2D eigenvalue weighted by Crippen LogP contribution is 2.24. The van der Waals surface area contributed by atoms with E-state index in [1.807, 2.05) is 29.3 Å². The van der Waals surface area contributed by atoms with Gasteiger partial charge in [-0.2, -0.15) is 0 Å². The van der Waals surface area contributed by atoms with Crippen LogP contribution < -0.4 is 4.74 Å². The topological polar surface area (TPSA) is 45.3 Å². The van der Waals surface area contributed by atoms with Crippen molar-refractivity contribution in [2.45, 2.75) is 32.1 Å². The number of carbonyl (C=O) groups excluding carboxylic acids is 1. The number of hydrogen-bond acceptors (Lipinski definition) is 2. The number of carbonyl (C=O) groups is 1. The highest BCUT2D eigenvalue weighted by Gasteiger charge is 2.17. The van der Waals surface area contributed by atoms with Crippen LogP contribution in [-0.4, -0.2) is 36.0 Å². The Bertz CT molecular complexity index is 625. The van der Waals surface area contributed by atoms with Crippen molar-refractivity contribution in [3.8, 4) is 5.75 Å². The van der Waals surface area contributed by atoms with Crippen molar-refractivity contribution in [1.82, 2.24) is 9.88 Å². The Morgan fingerprint density at radius 2 is 2.00 bits per heavy atom. The Hall–Kier alpha value is -1.97. The molecule has 4 heteroatoms. The molecule has 0 bridgehead atoms. The molecule has 112 valence electrons. The number of aromatic amines is 1. The summed E-state index contributed by atoms with van der Waals surface area (Å²) in [7, 11) is 1.66. The molecule has 2 aromatic rings. The van der Waals surface area contributed by atoms with Crippen molar-refractivity contribution in [3.05, 3.63) is 30.0 Å². The van der Waals surface area contributed by atoms with E-state index in [4.69, 9.17) is 4.74 Å². The minimum atomic E-state index is 0.237. The zero-order chi connectivity index (χ0) is 14.7. The summed E-state index contributed by atoms with van der Waals surface area (Å²) in [5.74, 6) is 1.06. The van der Waals surface area contributed by atoms with Gasteiger partial charge in [-0.3, -0.25) is 4.79 Å². The van der Waals surface area contributed by atoms with Gasteiger partial charge in [0.1, 0.15) is 5.75 Å². The lowest BCUT2D eigenvalue weighted by Crippen LogP contribution is -2.33. The smallest absolute Gasteiger partial charge is 0.227 e. The maximum Gasteiger partial charge on any atom is 0.227 e. The number of benzene rings is 1. The average molecular weight is 286 g/mol. The van der Waals surface area contributed by atoms with Gasteiger partial charge < -0.3 is 14.6 Å². The van der Waals surface area contributed by atoms with Crippen LogP contribution in [0.1, 0.15) is 31.2 Å². The van der Waals surface area contributed by atoms with Crippen LogP contribution in [-0.2, 0) is 11.2 Å². The van der Waals surface area contributed by atoms with Crippen LogP contribution in [0.2, 0.25) is 0 Å². The van der Waals surface area contributed by atoms with Crippen LogP contribution in [0.4, 0.5) is 0 Å². The van der Waals surface area contributed by atoms with Gasteiger partial charge in [-0.05, 0) is 36.6 Å². The number of hydrogen-bond donors (Lipinski definition) is 1. The second-order valence-corrected chi connectivity index (χ2v) is 5.70. The first-order chi connectivity index (χ1) is 10.3. The minimum Gasteiger partial charge on any atom is -0.497 e. The molecule has 0 spiro atoms. The predicted octanol–water partition coefficient (Wildman–Crippen LogP) is 3.12. The maximum atomic E-state index is 12.5. The highest BCUT2D eigenvalue weighted by molar-refractivity contribution is 5.89. The third kappa shape index (κ3) is 3.04. The van der Waals surface area contributed by atoms with Crippen molar-refractivity contribution in [2.24, 2.45) is 0 Å². The fourth-order valence-corrected chi connectivity index (χ4v) is 3.03. The minimum absolute atomic E-state index is 0.237. The molecule has 0 atom stereocenters. The number of aromatic nitrogens is 1. The number of likely N-dealkylation sites (tertiary alicyclic amines) is 1. The van der Waals surface area contributed by atoms with Crippen molar-refractivity contribution in [1.29, 1.82) is 0 Å². The van der Waals surface area contributed by atoms with E-state index in [9.17, 15) is 4.79 Å². The molecule has 1 aromatic carbocycles. The third-order valence-corrected chi connectivity index (χ3v) is 4.28. The number of fused-ring (bicyclic) bond motifs is 1. The van der Waals surface area contributed by atoms with E-state index in [1.165, 1.54) is 12.8 Å². The van der Waals surface area contributed by atoms with Crippen molar-refractivity contribution in [3.63, 3.8) is 0 Å². The first kappa shape index (κ1) is 14.0. The van der Waals surface area contributed by atoms with Crippen LogP contribution >= 0.6 is 0 Å². The van der Waals surface area contributed by atoms with Gasteiger partial charge in [-0.15, -0.1) is 0 Å². The predicted molar refractivity (Wildman–Crippen MR) is 83.6 cm³/mol. The number of ether oxygens (including phenoxy) is 1. The van der Waals surface area contributed by atoms with E-state index in [0.717, 1.165) is 48.1 Å². The van der Waals surface area contributed by atoms with Crippen LogP contribution in [0.3, 0.4) is 0 Å². The maximum absolute atomic E-state index is 12.5. The summed E-state index contributed by atoms with van der Waals surface area (Å²) < 4.78 is 5.28. The van der Waals surface area contributed by atoms with E-state index in [1.54, 1.807) is 7.11 Å². The van der Waals surface area contributed by atoms with Gasteiger partial charge in [0.2, 0.25) is 5.91 Å². The van der Waals surface area contributed by atoms with Gasteiger partial charge in [-0.1, -0.05) is 12.8 Å². The quantitative estimate of drug-likeness (QED) is 0.942. The molecule has 1 fully saturated rings. The molecule has 1 N–H and O–H groups in total. The Kier molecular flexibility index (Phi) is 4.13. The summed E-state index contributed by atoms with van der Waals surface area (Å²) in [5.41, 5.74) is 2.10. The van der Waals surface area contributed by atoms with E-state index in [-0.39, 0.29) is 5.91 Å². The molecule has 1 aromatic heterocycles. The summed E-state index contributed by atoms with van der Waals surface area (Å²) in [6, 6.07) is 5.92. The van der Waals surface area contributed by atoms with Gasteiger partial charge in [0.25, 0.3) is 0 Å². The SMILES string of the molecule is COc1ccc2[nH]cc(CC(=O)N3CCCCCC3)c2c1. The zero-order valence-corrected chi connectivity index (χ0v) is 12.5. The summed E-state index contributed by atoms with van der Waals surface area (Å²) in [5, 5.41) is 1.08. The van der Waals surface area contributed by atoms with Crippen LogP contribution in [0, 0.1) is 0 Å². The monoisotopic (exact) mass is 286 g/mol. The number of amides is 1. The molecular formula is C17H22N2O2. The zero-order valence-electron chi connectivity index (χ0n) is 12.5. The van der Waals surface area contributed by atoms with Crippen molar-refractivity contribution in [2.75, 3.05) is 20.2 Å². The molecule has 0 saturated carbocycles. The lowest BCUT2D eigenvalue weighted by molar-refractivity contribution is -0.130. The molecule has 1 aliphatic rings. The van der Waals surface area contributed by atoms with Gasteiger partial charge in [-0.25, -0.2) is 0 Å². The Morgan fingerprint density at radius 1 is 1.24 bits per heavy atom. The molecule has 1 amide bonds. The number of rotatable bonds is 3. The lowest BCUT2D eigenvalue weighted by atomic mass is 10.1. The Morgan fingerprint density at radius 3 is 2.71 bits per heavy atom. The molecule has 0 unspecified atom stereocenters. The first-order valence-corrected chi connectivity index (χ1v) is 7.70. The summed E-state index contributed by atoms with van der Waals surface area (Å²) in [4.78, 5) is 17.8. The van der Waals surface area contributed by atoms with Gasteiger partial charge >= 0.3 is 0 Å². The number of nitrogens with one attached hydrogen (secondary N) is 1. The second kappa shape index (κ2) is 6.20. The summed E-state index contributed by atoms with van der Waals surface area (Å²) >= 11 is 0. The van der Waals surface area contributed by atoms with E-state index in [0.29, 0.717) is 6.42 Å². The number of methoxy groups -OCH3 is 1. The number of H-pyrrole nitrogens is 1. The fourth-order valence-electron chi connectivity index (χ4n) is 3.03. The molecule has 3 rings (SSSR count). The van der Waals surface area contributed by atoms with Gasteiger partial charge in [0, 0.05) is 30.2 Å². The van der Waals surface area contributed by atoms with Crippen LogP contribution in [0.5, 0.6) is 5.75 Å².